The number of hydrogen-bond acceptors (Lipinski definition) is 4. The number of benzene rings is 1. The lowest BCUT2D eigenvalue weighted by Gasteiger charge is -2.23. The maximum atomic E-state index is 12.5. The molecule has 5 nitrogen and oxygen atoms in total. The molecule has 0 radical (unpaired) electrons. The number of halogens is 1. The van der Waals surface area contributed by atoms with Crippen LogP contribution >= 0.6 is 22.9 Å². The van der Waals surface area contributed by atoms with Crippen LogP contribution in [0.1, 0.15) is 28.2 Å². The van der Waals surface area contributed by atoms with Gasteiger partial charge in [-0.1, -0.05) is 17.7 Å². The Kier molecular flexibility index (Phi) is 6.36. The minimum Gasteiger partial charge on any atom is -0.350 e. The van der Waals surface area contributed by atoms with Crippen molar-refractivity contribution in [1.29, 1.82) is 0 Å². The maximum Gasteiger partial charge on any atom is 0.252 e. The minimum absolute atomic E-state index is 0.0891. The lowest BCUT2D eigenvalue weighted by Crippen LogP contribution is -2.34. The first-order chi connectivity index (χ1) is 11.4. The molecule has 0 saturated carbocycles. The van der Waals surface area contributed by atoms with E-state index in [1.807, 2.05) is 31.6 Å². The van der Waals surface area contributed by atoms with Crippen molar-refractivity contribution in [2.45, 2.75) is 13.0 Å². The Morgan fingerprint density at radius 1 is 1.29 bits per heavy atom. The number of nitrogens with zero attached hydrogens (tertiary/aromatic N) is 1. The quantitative estimate of drug-likeness (QED) is 0.824. The number of rotatable bonds is 6. The van der Waals surface area contributed by atoms with Gasteiger partial charge in [-0.25, -0.2) is 0 Å². The van der Waals surface area contributed by atoms with Crippen LogP contribution in [-0.4, -0.2) is 37.4 Å². The molecule has 1 heterocycles. The van der Waals surface area contributed by atoms with E-state index < -0.39 is 0 Å². The van der Waals surface area contributed by atoms with Gasteiger partial charge in [0.15, 0.2) is 0 Å². The van der Waals surface area contributed by atoms with Crippen LogP contribution in [0.3, 0.4) is 0 Å². The van der Waals surface area contributed by atoms with Crippen LogP contribution in [-0.2, 0) is 4.79 Å². The van der Waals surface area contributed by atoms with E-state index in [4.69, 9.17) is 11.6 Å². The zero-order chi connectivity index (χ0) is 17.7. The number of amides is 2. The van der Waals surface area contributed by atoms with E-state index in [1.54, 1.807) is 29.5 Å². The van der Waals surface area contributed by atoms with Crippen molar-refractivity contribution in [2.75, 3.05) is 26.0 Å². The molecule has 0 bridgehead atoms. The lowest BCUT2D eigenvalue weighted by atomic mass is 10.1. The first-order valence-electron chi connectivity index (χ1n) is 7.43. The van der Waals surface area contributed by atoms with Gasteiger partial charge in [-0.2, -0.15) is 0 Å². The van der Waals surface area contributed by atoms with Gasteiger partial charge in [0.25, 0.3) is 5.91 Å². The first kappa shape index (κ1) is 18.4. The fourth-order valence-electron chi connectivity index (χ4n) is 2.28. The molecule has 2 N–H and O–H groups in total. The van der Waals surface area contributed by atoms with E-state index in [0.717, 1.165) is 0 Å². The summed E-state index contributed by atoms with van der Waals surface area (Å²) in [4.78, 5) is 26.9. The predicted molar refractivity (Wildman–Crippen MR) is 98.8 cm³/mol. The highest BCUT2D eigenvalue weighted by Gasteiger charge is 2.18. The van der Waals surface area contributed by atoms with Crippen molar-refractivity contribution in [1.82, 2.24) is 10.2 Å². The van der Waals surface area contributed by atoms with Crippen LogP contribution < -0.4 is 10.6 Å². The summed E-state index contributed by atoms with van der Waals surface area (Å²) >= 11 is 7.78. The molecule has 7 heteroatoms. The van der Waals surface area contributed by atoms with Gasteiger partial charge in [-0.15, -0.1) is 11.3 Å². The average Bonchev–Trinajstić information content (AvgIpc) is 3.02. The zero-order valence-corrected chi connectivity index (χ0v) is 15.4. The molecule has 2 rings (SSSR count). The van der Waals surface area contributed by atoms with Crippen molar-refractivity contribution in [2.24, 2.45) is 0 Å². The standard InChI is InChI=1S/C17H20ClN3O2S/c1-11(22)20-12-6-7-14(18)13(9-12)17(23)19-10-15(21(2)3)16-5-4-8-24-16/h4-9,15H,10H2,1-3H3,(H,19,23)(H,20,22)/t15-/m1/s1. The topological polar surface area (TPSA) is 61.4 Å². The van der Waals surface area contributed by atoms with Crippen molar-refractivity contribution < 1.29 is 9.59 Å². The highest BCUT2D eigenvalue weighted by Crippen LogP contribution is 2.24. The van der Waals surface area contributed by atoms with E-state index in [0.29, 0.717) is 22.8 Å². The van der Waals surface area contributed by atoms with Crippen LogP contribution in [0, 0.1) is 0 Å². The number of anilines is 1. The third kappa shape index (κ3) is 4.80. The number of nitrogens with one attached hydrogen (secondary N) is 2. The molecule has 2 amide bonds. The summed E-state index contributed by atoms with van der Waals surface area (Å²) in [6.07, 6.45) is 0. The molecule has 2 aromatic rings. The highest BCUT2D eigenvalue weighted by molar-refractivity contribution is 7.10. The molecular formula is C17H20ClN3O2S. The molecule has 0 aliphatic heterocycles. The third-order valence-corrected chi connectivity index (χ3v) is 4.79. The fourth-order valence-corrected chi connectivity index (χ4v) is 3.41. The molecular weight excluding hydrogens is 346 g/mol. The average molecular weight is 366 g/mol. The first-order valence-corrected chi connectivity index (χ1v) is 8.69. The second-order valence-corrected chi connectivity index (χ2v) is 6.97. The monoisotopic (exact) mass is 365 g/mol. The Bertz CT molecular complexity index is 717. The number of hydrogen-bond donors (Lipinski definition) is 2. The maximum absolute atomic E-state index is 12.5. The van der Waals surface area contributed by atoms with Crippen LogP contribution in [0.2, 0.25) is 5.02 Å². The normalized spacial score (nSPS) is 12.0. The van der Waals surface area contributed by atoms with E-state index in [2.05, 4.69) is 15.5 Å². The second-order valence-electron chi connectivity index (χ2n) is 5.58. The second kappa shape index (κ2) is 8.28. The summed E-state index contributed by atoms with van der Waals surface area (Å²) in [6, 6.07) is 8.97. The van der Waals surface area contributed by atoms with Gasteiger partial charge in [-0.3, -0.25) is 9.59 Å². The van der Waals surface area contributed by atoms with Crippen molar-refractivity contribution in [3.63, 3.8) is 0 Å². The van der Waals surface area contributed by atoms with Gasteiger partial charge in [0.1, 0.15) is 0 Å². The van der Waals surface area contributed by atoms with Gasteiger partial charge in [0, 0.05) is 24.0 Å². The molecule has 0 unspecified atom stereocenters. The lowest BCUT2D eigenvalue weighted by molar-refractivity contribution is -0.114. The minimum atomic E-state index is -0.268. The van der Waals surface area contributed by atoms with Crippen molar-refractivity contribution in [3.8, 4) is 0 Å². The van der Waals surface area contributed by atoms with Gasteiger partial charge in [-0.05, 0) is 43.7 Å². The summed E-state index contributed by atoms with van der Waals surface area (Å²) in [7, 11) is 3.95. The summed E-state index contributed by atoms with van der Waals surface area (Å²) < 4.78 is 0. The molecule has 0 spiro atoms. The van der Waals surface area contributed by atoms with Gasteiger partial charge < -0.3 is 15.5 Å². The number of likely N-dealkylation sites (N-methyl/N-ethyl adjacent to an activating group) is 1. The molecule has 0 fully saturated rings. The Morgan fingerprint density at radius 3 is 2.62 bits per heavy atom. The molecule has 0 aliphatic carbocycles. The van der Waals surface area contributed by atoms with Gasteiger partial charge in [0.05, 0.1) is 16.6 Å². The zero-order valence-electron chi connectivity index (χ0n) is 13.8. The van der Waals surface area contributed by atoms with Gasteiger partial charge in [0.2, 0.25) is 5.91 Å². The fraction of sp³-hybridized carbons (Fsp3) is 0.294. The Balaban J connectivity index is 2.10. The summed E-state index contributed by atoms with van der Waals surface area (Å²) in [6.45, 7) is 1.88. The van der Waals surface area contributed by atoms with E-state index in [-0.39, 0.29) is 17.9 Å². The number of thiophene rings is 1. The van der Waals surface area contributed by atoms with Crippen LogP contribution in [0.15, 0.2) is 35.7 Å². The number of carbonyl (C=O) groups is 2. The molecule has 24 heavy (non-hydrogen) atoms. The Hall–Kier alpha value is -1.89. The molecule has 0 saturated heterocycles. The summed E-state index contributed by atoms with van der Waals surface area (Å²) in [5, 5.41) is 7.93. The van der Waals surface area contributed by atoms with E-state index in [9.17, 15) is 9.59 Å². The van der Waals surface area contributed by atoms with E-state index in [1.165, 1.54) is 11.8 Å². The summed E-state index contributed by atoms with van der Waals surface area (Å²) in [5.41, 5.74) is 0.881. The predicted octanol–water partition coefficient (Wildman–Crippen LogP) is 3.39. The Labute approximate surface area is 150 Å². The van der Waals surface area contributed by atoms with E-state index >= 15 is 0 Å². The van der Waals surface area contributed by atoms with Crippen LogP contribution in [0.4, 0.5) is 5.69 Å². The summed E-state index contributed by atoms with van der Waals surface area (Å²) in [5.74, 6) is -0.468. The number of carbonyl (C=O) groups excluding carboxylic acids is 2. The van der Waals surface area contributed by atoms with Crippen LogP contribution in [0.5, 0.6) is 0 Å². The molecule has 1 aromatic heterocycles. The molecule has 1 aromatic carbocycles. The van der Waals surface area contributed by atoms with Crippen molar-refractivity contribution >= 4 is 40.4 Å². The van der Waals surface area contributed by atoms with Crippen LogP contribution in [0.25, 0.3) is 0 Å². The largest absolute Gasteiger partial charge is 0.350 e. The third-order valence-electron chi connectivity index (χ3n) is 3.48. The molecule has 128 valence electrons. The molecule has 1 atom stereocenters. The Morgan fingerprint density at radius 2 is 2.04 bits per heavy atom. The SMILES string of the molecule is CC(=O)Nc1ccc(Cl)c(C(=O)NC[C@H](c2cccs2)N(C)C)c1. The smallest absolute Gasteiger partial charge is 0.252 e. The highest BCUT2D eigenvalue weighted by atomic mass is 35.5. The molecule has 0 aliphatic rings. The van der Waals surface area contributed by atoms with Gasteiger partial charge >= 0.3 is 0 Å². The van der Waals surface area contributed by atoms with Crippen molar-refractivity contribution in [3.05, 3.63) is 51.2 Å².